The van der Waals surface area contributed by atoms with Crippen LogP contribution in [-0.4, -0.2) is 38.8 Å². The van der Waals surface area contributed by atoms with E-state index in [-0.39, 0.29) is 0 Å². The van der Waals surface area contributed by atoms with Gasteiger partial charge in [0.15, 0.2) is 0 Å². The Morgan fingerprint density at radius 2 is 1.25 bits per heavy atom. The maximum Gasteiger partial charge on any atom is 0.00482 e. The van der Waals surface area contributed by atoms with Gasteiger partial charge in [-0.1, -0.05) is 13.8 Å². The minimum atomic E-state index is 0.324. The minimum Gasteiger partial charge on any atom is -0.330 e. The molecule has 0 spiro atoms. The Kier molecular flexibility index (Phi) is 29.5. The van der Waals surface area contributed by atoms with Crippen LogP contribution in [0.25, 0.3) is 0 Å². The van der Waals surface area contributed by atoms with Gasteiger partial charge >= 0.3 is 0 Å². The van der Waals surface area contributed by atoms with Gasteiger partial charge in [-0.05, 0) is 70.7 Å². The summed E-state index contributed by atoms with van der Waals surface area (Å²) >= 11 is 0. The summed E-state index contributed by atoms with van der Waals surface area (Å²) in [5.41, 5.74) is 31.5. The second-order valence-electron chi connectivity index (χ2n) is 4.95. The summed E-state index contributed by atoms with van der Waals surface area (Å²) in [5.74, 6) is 0.651. The molecule has 0 aromatic rings. The molecule has 0 aliphatic rings. The molecule has 2 atom stereocenters. The maximum atomic E-state index is 5.50. The summed E-state index contributed by atoms with van der Waals surface area (Å²) in [6, 6.07) is 0.324. The highest BCUT2D eigenvalue weighted by atomic mass is 14.6. The monoisotopic (exact) mass is 292 g/mol. The van der Waals surface area contributed by atoms with Crippen LogP contribution >= 0.6 is 0 Å². The topological polar surface area (TPSA) is 156 Å². The normalized spacial score (nSPS) is 12.6. The van der Waals surface area contributed by atoms with E-state index < -0.39 is 0 Å². The van der Waals surface area contributed by atoms with E-state index in [9.17, 15) is 0 Å². The molecule has 12 N–H and O–H groups in total. The zero-order valence-corrected chi connectivity index (χ0v) is 13.7. The molecule has 0 fully saturated rings. The van der Waals surface area contributed by atoms with E-state index in [2.05, 4.69) is 13.8 Å². The SMILES string of the molecule is CC(CN)CCCN.CCC(N)CCN.NCCCN. The fraction of sp³-hybridized carbons (Fsp3) is 1.00. The van der Waals surface area contributed by atoms with E-state index in [0.29, 0.717) is 12.0 Å². The van der Waals surface area contributed by atoms with Gasteiger partial charge in [0.25, 0.3) is 0 Å². The number of hydrogen-bond donors (Lipinski definition) is 6. The van der Waals surface area contributed by atoms with Crippen LogP contribution in [0.2, 0.25) is 0 Å². The number of rotatable bonds is 9. The third-order valence-corrected chi connectivity index (χ3v) is 2.77. The van der Waals surface area contributed by atoms with Crippen molar-refractivity contribution in [3.05, 3.63) is 0 Å². The summed E-state index contributed by atoms with van der Waals surface area (Å²) in [6.45, 7) is 7.96. The lowest BCUT2D eigenvalue weighted by Gasteiger charge is -2.04. The molecule has 0 bridgehead atoms. The standard InChI is InChI=1S/C6H16N2.C5H14N2.C3H10N2/c1-6(5-8)3-2-4-7;1-2-5(7)3-4-6;4-2-1-3-5/h6H,2-5,7-8H2,1H3;5H,2-4,6-7H2,1H3;1-5H2. The average Bonchev–Trinajstić information content (AvgIpc) is 2.47. The van der Waals surface area contributed by atoms with E-state index >= 15 is 0 Å². The Labute approximate surface area is 126 Å². The summed E-state index contributed by atoms with van der Waals surface area (Å²) in [6.07, 6.45) is 5.22. The van der Waals surface area contributed by atoms with Crippen LogP contribution in [0.1, 0.15) is 46.0 Å². The number of hydrogen-bond acceptors (Lipinski definition) is 6. The van der Waals surface area contributed by atoms with Gasteiger partial charge in [0.1, 0.15) is 0 Å². The van der Waals surface area contributed by atoms with Gasteiger partial charge in [0.2, 0.25) is 0 Å². The molecule has 2 unspecified atom stereocenters. The minimum absolute atomic E-state index is 0.324. The van der Waals surface area contributed by atoms with Gasteiger partial charge in [0, 0.05) is 6.04 Å². The van der Waals surface area contributed by atoms with Gasteiger partial charge in [0.05, 0.1) is 0 Å². The summed E-state index contributed by atoms with van der Waals surface area (Å²) in [7, 11) is 0. The first-order chi connectivity index (χ1) is 9.53. The van der Waals surface area contributed by atoms with Crippen molar-refractivity contribution in [1.82, 2.24) is 0 Å². The Morgan fingerprint density at radius 3 is 1.45 bits per heavy atom. The van der Waals surface area contributed by atoms with Crippen LogP contribution in [0.5, 0.6) is 0 Å². The molecular formula is C14H40N6. The van der Waals surface area contributed by atoms with E-state index in [4.69, 9.17) is 34.4 Å². The van der Waals surface area contributed by atoms with Crippen LogP contribution in [0.3, 0.4) is 0 Å². The van der Waals surface area contributed by atoms with Crippen LogP contribution in [-0.2, 0) is 0 Å². The lowest BCUT2D eigenvalue weighted by atomic mass is 10.1. The predicted octanol–water partition coefficient (Wildman–Crippen LogP) is -0.313. The van der Waals surface area contributed by atoms with Crippen molar-refractivity contribution in [2.24, 2.45) is 40.3 Å². The highest BCUT2D eigenvalue weighted by Crippen LogP contribution is 2.00. The van der Waals surface area contributed by atoms with Crippen LogP contribution in [0, 0.1) is 5.92 Å². The van der Waals surface area contributed by atoms with Gasteiger partial charge < -0.3 is 34.4 Å². The van der Waals surface area contributed by atoms with Crippen molar-refractivity contribution in [3.8, 4) is 0 Å². The molecular weight excluding hydrogens is 252 g/mol. The summed E-state index contributed by atoms with van der Waals surface area (Å²) in [5, 5.41) is 0. The molecule has 0 saturated carbocycles. The van der Waals surface area contributed by atoms with E-state index in [1.54, 1.807) is 0 Å². The first kappa shape index (κ1) is 24.8. The van der Waals surface area contributed by atoms with Crippen molar-refractivity contribution >= 4 is 0 Å². The zero-order valence-electron chi connectivity index (χ0n) is 13.7. The second-order valence-corrected chi connectivity index (χ2v) is 4.95. The van der Waals surface area contributed by atoms with Crippen LogP contribution in [0.4, 0.5) is 0 Å². The van der Waals surface area contributed by atoms with Crippen molar-refractivity contribution in [1.29, 1.82) is 0 Å². The quantitative estimate of drug-likeness (QED) is 0.342. The first-order valence-corrected chi connectivity index (χ1v) is 7.79. The predicted molar refractivity (Wildman–Crippen MR) is 91.2 cm³/mol. The van der Waals surface area contributed by atoms with E-state index in [1.165, 1.54) is 6.42 Å². The molecule has 0 radical (unpaired) electrons. The zero-order chi connectivity index (χ0) is 16.2. The molecule has 0 rings (SSSR count). The average molecular weight is 293 g/mol. The van der Waals surface area contributed by atoms with Crippen molar-refractivity contribution < 1.29 is 0 Å². The second kappa shape index (κ2) is 23.8. The molecule has 6 heteroatoms. The molecule has 126 valence electrons. The molecule has 20 heavy (non-hydrogen) atoms. The van der Waals surface area contributed by atoms with Crippen molar-refractivity contribution in [2.45, 2.75) is 52.0 Å². The largest absolute Gasteiger partial charge is 0.330 e. The molecule has 0 heterocycles. The lowest BCUT2D eigenvalue weighted by molar-refractivity contribution is 0.525. The van der Waals surface area contributed by atoms with Gasteiger partial charge in [-0.15, -0.1) is 0 Å². The molecule has 0 saturated heterocycles. The highest BCUT2D eigenvalue weighted by molar-refractivity contribution is 4.56. The summed E-state index contributed by atoms with van der Waals surface area (Å²) < 4.78 is 0. The third-order valence-electron chi connectivity index (χ3n) is 2.77. The molecule has 6 nitrogen and oxygen atoms in total. The highest BCUT2D eigenvalue weighted by Gasteiger charge is 1.95. The molecule has 0 aromatic heterocycles. The van der Waals surface area contributed by atoms with Gasteiger partial charge in [-0.3, -0.25) is 0 Å². The fourth-order valence-corrected chi connectivity index (χ4v) is 1.12. The van der Waals surface area contributed by atoms with Gasteiger partial charge in [-0.25, -0.2) is 0 Å². The van der Waals surface area contributed by atoms with Gasteiger partial charge in [-0.2, -0.15) is 0 Å². The number of nitrogens with two attached hydrogens (primary N) is 6. The Morgan fingerprint density at radius 1 is 0.750 bits per heavy atom. The van der Waals surface area contributed by atoms with E-state index in [0.717, 1.165) is 58.4 Å². The fourth-order valence-electron chi connectivity index (χ4n) is 1.12. The Bertz CT molecular complexity index is 144. The Hall–Kier alpha value is -0.240. The van der Waals surface area contributed by atoms with Crippen LogP contribution < -0.4 is 34.4 Å². The Balaban J connectivity index is -0.000000223. The van der Waals surface area contributed by atoms with Crippen LogP contribution in [0.15, 0.2) is 0 Å². The lowest BCUT2D eigenvalue weighted by Crippen LogP contribution is -2.22. The molecule has 0 amide bonds. The maximum absolute atomic E-state index is 5.50. The first-order valence-electron chi connectivity index (χ1n) is 7.79. The summed E-state index contributed by atoms with van der Waals surface area (Å²) in [4.78, 5) is 0. The molecule has 0 aliphatic carbocycles. The van der Waals surface area contributed by atoms with E-state index in [1.807, 2.05) is 0 Å². The van der Waals surface area contributed by atoms with Crippen molar-refractivity contribution in [2.75, 3.05) is 32.7 Å². The molecule has 0 aliphatic heterocycles. The molecule has 0 aromatic carbocycles. The third kappa shape index (κ3) is 30.6. The smallest absolute Gasteiger partial charge is 0.00482 e. The van der Waals surface area contributed by atoms with Crippen molar-refractivity contribution in [3.63, 3.8) is 0 Å².